The van der Waals surface area contributed by atoms with Crippen molar-refractivity contribution in [2.24, 2.45) is 0 Å². The second-order valence-electron chi connectivity index (χ2n) is 3.77. The van der Waals surface area contributed by atoms with Gasteiger partial charge in [-0.3, -0.25) is 0 Å². The summed E-state index contributed by atoms with van der Waals surface area (Å²) >= 11 is 0. The fourth-order valence-electron chi connectivity index (χ4n) is 1.53. The fraction of sp³-hybridized carbons (Fsp3) is 0.385. The quantitative estimate of drug-likeness (QED) is 0.485. The molecule has 0 aliphatic rings. The van der Waals surface area contributed by atoms with Gasteiger partial charge in [-0.1, -0.05) is 0 Å². The van der Waals surface area contributed by atoms with Crippen LogP contribution in [0.25, 0.3) is 0 Å². The summed E-state index contributed by atoms with van der Waals surface area (Å²) < 4.78 is 28.2. The highest BCUT2D eigenvalue weighted by Crippen LogP contribution is 2.28. The van der Waals surface area contributed by atoms with Crippen LogP contribution in [-0.2, 0) is 9.05 Å². The van der Waals surface area contributed by atoms with Crippen LogP contribution < -0.4 is 4.74 Å². The third-order valence-corrected chi connectivity index (χ3v) is 4.08. The van der Waals surface area contributed by atoms with Crippen molar-refractivity contribution in [3.63, 3.8) is 0 Å². The third kappa shape index (κ3) is 3.66. The summed E-state index contributed by atoms with van der Waals surface area (Å²) in [5.41, 5.74) is 1.39. The SMILES string of the molecule is CC#CCCOc1ccc(S(=O)(=O)Cl)c(C)c1C. The summed E-state index contributed by atoms with van der Waals surface area (Å²) in [5.74, 6) is 6.34. The molecule has 98 valence electrons. The lowest BCUT2D eigenvalue weighted by Gasteiger charge is -2.12. The molecule has 0 amide bonds. The molecular weight excluding hydrogens is 272 g/mol. The standard InChI is InChI=1S/C13H15ClO3S/c1-4-5-6-9-17-12-7-8-13(18(14,15)16)11(3)10(12)2/h7-8H,6,9H2,1-3H3. The Morgan fingerprint density at radius 2 is 1.94 bits per heavy atom. The van der Waals surface area contributed by atoms with E-state index < -0.39 is 9.05 Å². The van der Waals surface area contributed by atoms with Crippen molar-refractivity contribution >= 4 is 19.7 Å². The van der Waals surface area contributed by atoms with Gasteiger partial charge in [0, 0.05) is 17.1 Å². The Morgan fingerprint density at radius 3 is 2.50 bits per heavy atom. The fourth-order valence-corrected chi connectivity index (χ4v) is 2.78. The Morgan fingerprint density at radius 1 is 1.28 bits per heavy atom. The van der Waals surface area contributed by atoms with E-state index in [1.165, 1.54) is 6.07 Å². The molecule has 0 bridgehead atoms. The number of ether oxygens (including phenoxy) is 1. The summed E-state index contributed by atoms with van der Waals surface area (Å²) in [6, 6.07) is 3.09. The van der Waals surface area contributed by atoms with Crippen LogP contribution in [0, 0.1) is 25.7 Å². The first-order chi connectivity index (χ1) is 8.38. The zero-order valence-electron chi connectivity index (χ0n) is 10.6. The molecule has 0 radical (unpaired) electrons. The molecule has 0 aliphatic heterocycles. The molecule has 0 heterocycles. The molecule has 1 aromatic rings. The van der Waals surface area contributed by atoms with Crippen LogP contribution in [0.1, 0.15) is 24.5 Å². The Bertz CT molecular complexity index is 595. The van der Waals surface area contributed by atoms with Crippen molar-refractivity contribution in [2.75, 3.05) is 6.61 Å². The van der Waals surface area contributed by atoms with Gasteiger partial charge in [0.25, 0.3) is 9.05 Å². The summed E-state index contributed by atoms with van der Waals surface area (Å²) in [4.78, 5) is 0.127. The molecule has 0 atom stereocenters. The topological polar surface area (TPSA) is 43.4 Å². The van der Waals surface area contributed by atoms with Gasteiger partial charge in [0.05, 0.1) is 11.5 Å². The van der Waals surface area contributed by atoms with Gasteiger partial charge in [-0.15, -0.1) is 11.8 Å². The minimum Gasteiger partial charge on any atom is -0.492 e. The van der Waals surface area contributed by atoms with E-state index in [4.69, 9.17) is 15.4 Å². The molecular formula is C13H15ClO3S. The molecule has 1 rings (SSSR count). The van der Waals surface area contributed by atoms with Gasteiger partial charge in [-0.2, -0.15) is 0 Å². The maximum Gasteiger partial charge on any atom is 0.261 e. The van der Waals surface area contributed by atoms with Crippen LogP contribution in [0.2, 0.25) is 0 Å². The van der Waals surface area contributed by atoms with Crippen molar-refractivity contribution in [2.45, 2.75) is 32.1 Å². The highest BCUT2D eigenvalue weighted by Gasteiger charge is 2.16. The summed E-state index contributed by atoms with van der Waals surface area (Å²) in [7, 11) is 1.64. The van der Waals surface area contributed by atoms with E-state index in [0.29, 0.717) is 24.3 Å². The molecule has 0 aromatic heterocycles. The molecule has 5 heteroatoms. The first kappa shape index (κ1) is 14.9. The Balaban J connectivity index is 2.97. The number of benzene rings is 1. The molecule has 0 saturated heterocycles. The van der Waals surface area contributed by atoms with Crippen LogP contribution >= 0.6 is 10.7 Å². The number of halogens is 1. The van der Waals surface area contributed by atoms with Gasteiger partial charge in [0.1, 0.15) is 5.75 Å². The van der Waals surface area contributed by atoms with E-state index in [9.17, 15) is 8.42 Å². The van der Waals surface area contributed by atoms with E-state index in [0.717, 1.165) is 5.56 Å². The summed E-state index contributed by atoms with van der Waals surface area (Å²) in [6.07, 6.45) is 0.643. The first-order valence-corrected chi connectivity index (χ1v) is 7.76. The monoisotopic (exact) mass is 286 g/mol. The Hall–Kier alpha value is -1.18. The maximum absolute atomic E-state index is 11.3. The van der Waals surface area contributed by atoms with E-state index in [1.807, 2.05) is 6.92 Å². The molecule has 0 aliphatic carbocycles. The minimum atomic E-state index is -3.71. The smallest absolute Gasteiger partial charge is 0.261 e. The average Bonchev–Trinajstić information content (AvgIpc) is 2.28. The van der Waals surface area contributed by atoms with Gasteiger partial charge in [-0.05, 0) is 44.0 Å². The molecule has 0 fully saturated rings. The predicted molar refractivity (Wildman–Crippen MR) is 72.5 cm³/mol. The zero-order valence-corrected chi connectivity index (χ0v) is 12.2. The van der Waals surface area contributed by atoms with Gasteiger partial charge in [-0.25, -0.2) is 8.42 Å². The largest absolute Gasteiger partial charge is 0.492 e. The normalized spacial score (nSPS) is 10.7. The van der Waals surface area contributed by atoms with E-state index in [2.05, 4.69) is 11.8 Å². The molecule has 0 saturated carbocycles. The van der Waals surface area contributed by atoms with Crippen molar-refractivity contribution in [1.29, 1.82) is 0 Å². The lowest BCUT2D eigenvalue weighted by molar-refractivity contribution is 0.324. The number of hydrogen-bond donors (Lipinski definition) is 0. The number of hydrogen-bond acceptors (Lipinski definition) is 3. The Kier molecular flexibility index (Phi) is 5.06. The molecule has 0 spiro atoms. The van der Waals surface area contributed by atoms with Crippen molar-refractivity contribution in [3.05, 3.63) is 23.3 Å². The van der Waals surface area contributed by atoms with E-state index in [-0.39, 0.29) is 4.90 Å². The van der Waals surface area contributed by atoms with Crippen LogP contribution in [0.5, 0.6) is 5.75 Å². The predicted octanol–water partition coefficient (Wildman–Crippen LogP) is 3.02. The molecule has 3 nitrogen and oxygen atoms in total. The highest BCUT2D eigenvalue weighted by molar-refractivity contribution is 8.13. The molecule has 0 N–H and O–H groups in total. The summed E-state index contributed by atoms with van der Waals surface area (Å²) in [6.45, 7) is 5.77. The third-order valence-electron chi connectivity index (χ3n) is 2.61. The van der Waals surface area contributed by atoms with Crippen molar-refractivity contribution in [1.82, 2.24) is 0 Å². The van der Waals surface area contributed by atoms with Gasteiger partial charge in [0.2, 0.25) is 0 Å². The van der Waals surface area contributed by atoms with Gasteiger partial charge < -0.3 is 4.74 Å². The van der Waals surface area contributed by atoms with Crippen LogP contribution in [0.4, 0.5) is 0 Å². The van der Waals surface area contributed by atoms with Gasteiger partial charge >= 0.3 is 0 Å². The van der Waals surface area contributed by atoms with Crippen LogP contribution in [0.3, 0.4) is 0 Å². The maximum atomic E-state index is 11.3. The van der Waals surface area contributed by atoms with Crippen LogP contribution in [-0.4, -0.2) is 15.0 Å². The average molecular weight is 287 g/mol. The van der Waals surface area contributed by atoms with Crippen molar-refractivity contribution < 1.29 is 13.2 Å². The molecule has 18 heavy (non-hydrogen) atoms. The second-order valence-corrected chi connectivity index (χ2v) is 6.31. The van der Waals surface area contributed by atoms with Gasteiger partial charge in [0.15, 0.2) is 0 Å². The van der Waals surface area contributed by atoms with E-state index in [1.54, 1.807) is 19.9 Å². The minimum absolute atomic E-state index is 0.127. The molecule has 1 aromatic carbocycles. The van der Waals surface area contributed by atoms with Crippen molar-refractivity contribution in [3.8, 4) is 17.6 Å². The summed E-state index contributed by atoms with van der Waals surface area (Å²) in [5, 5.41) is 0. The lowest BCUT2D eigenvalue weighted by Crippen LogP contribution is -2.02. The highest BCUT2D eigenvalue weighted by atomic mass is 35.7. The Labute approximate surface area is 113 Å². The second kappa shape index (κ2) is 6.12. The first-order valence-electron chi connectivity index (χ1n) is 5.45. The van der Waals surface area contributed by atoms with E-state index >= 15 is 0 Å². The molecule has 0 unspecified atom stereocenters. The zero-order chi connectivity index (χ0) is 13.8. The lowest BCUT2D eigenvalue weighted by atomic mass is 10.1. The number of rotatable bonds is 4. The van der Waals surface area contributed by atoms with Crippen LogP contribution in [0.15, 0.2) is 17.0 Å².